The summed E-state index contributed by atoms with van der Waals surface area (Å²) in [4.78, 5) is 3.77. The molecule has 3 rings (SSSR count). The van der Waals surface area contributed by atoms with Crippen molar-refractivity contribution in [2.24, 2.45) is 0 Å². The topological polar surface area (TPSA) is 81.1 Å². The molecule has 108 valence electrons. The highest BCUT2D eigenvalue weighted by atomic mass is 16.9. The Morgan fingerprint density at radius 1 is 0.952 bits per heavy atom. The Morgan fingerprint density at radius 2 is 1.57 bits per heavy atom. The number of nitrogens with zero attached hydrogens (tertiary/aromatic N) is 6. The summed E-state index contributed by atoms with van der Waals surface area (Å²) in [5.41, 5.74) is 1.63. The predicted molar refractivity (Wildman–Crippen MR) is 71.6 cm³/mol. The molecule has 0 aliphatic carbocycles. The first-order chi connectivity index (χ1) is 10.2. The number of aromatic nitrogens is 6. The van der Waals surface area contributed by atoms with Gasteiger partial charge in [-0.1, -0.05) is 0 Å². The van der Waals surface area contributed by atoms with Crippen LogP contribution in [0.1, 0.15) is 11.4 Å². The first kappa shape index (κ1) is 13.1. The minimum Gasteiger partial charge on any atom is -0.380 e. The number of hydrogen-bond donors (Lipinski definition) is 0. The molecular formula is C11H13BN6O3. The molecule has 0 aromatic carbocycles. The molecule has 0 bridgehead atoms. The van der Waals surface area contributed by atoms with E-state index in [-0.39, 0.29) is 0 Å². The Bertz CT molecular complexity index is 645. The second-order valence-electron chi connectivity index (χ2n) is 4.22. The van der Waals surface area contributed by atoms with Gasteiger partial charge in [0, 0.05) is 0 Å². The first-order valence-corrected chi connectivity index (χ1v) is 6.25. The number of hydrogen-bond acceptors (Lipinski definition) is 6. The maximum Gasteiger partial charge on any atom is 0.929 e. The van der Waals surface area contributed by atoms with E-state index in [1.54, 1.807) is 36.9 Å². The lowest BCUT2D eigenvalue weighted by Crippen LogP contribution is -2.49. The third-order valence-electron chi connectivity index (χ3n) is 2.50. The average Bonchev–Trinajstić information content (AvgIpc) is 3.15. The molecule has 0 radical (unpaired) electrons. The van der Waals surface area contributed by atoms with Crippen LogP contribution in [0.15, 0.2) is 43.0 Å². The van der Waals surface area contributed by atoms with Crippen molar-refractivity contribution in [1.29, 1.82) is 0 Å². The van der Waals surface area contributed by atoms with E-state index in [0.717, 1.165) is 11.4 Å². The Morgan fingerprint density at radius 3 is 2.00 bits per heavy atom. The quantitative estimate of drug-likeness (QED) is 0.572. The number of rotatable bonds is 6. The Hall–Kier alpha value is -2.91. The minimum atomic E-state index is -1.12. The lowest BCUT2D eigenvalue weighted by Gasteiger charge is -2.14. The highest BCUT2D eigenvalue weighted by Gasteiger charge is 2.34. The maximum absolute atomic E-state index is 5.55. The standard InChI is InChI=1S/C11H13BN6O3/c1-10-9-11(2)18(15-10)21-12(19-16-7-3-5-13-16)20-17-8-4-6-14-17/h3-9H,1-2H3. The van der Waals surface area contributed by atoms with E-state index >= 15 is 0 Å². The van der Waals surface area contributed by atoms with Gasteiger partial charge < -0.3 is 14.3 Å². The summed E-state index contributed by atoms with van der Waals surface area (Å²) in [7, 11) is -1.12. The van der Waals surface area contributed by atoms with Gasteiger partial charge >= 0.3 is 7.32 Å². The van der Waals surface area contributed by atoms with Crippen LogP contribution in [0.25, 0.3) is 0 Å². The predicted octanol–water partition coefficient (Wildman–Crippen LogP) is -0.436. The van der Waals surface area contributed by atoms with Crippen molar-refractivity contribution in [3.05, 3.63) is 54.4 Å². The Kier molecular flexibility index (Phi) is 3.50. The molecule has 0 aliphatic heterocycles. The second kappa shape index (κ2) is 5.61. The monoisotopic (exact) mass is 288 g/mol. The van der Waals surface area contributed by atoms with E-state index < -0.39 is 7.32 Å². The summed E-state index contributed by atoms with van der Waals surface area (Å²) in [5, 5.41) is 12.0. The van der Waals surface area contributed by atoms with Gasteiger partial charge in [0.15, 0.2) is 0 Å². The molecule has 0 fully saturated rings. The molecule has 0 unspecified atom stereocenters. The number of aryl methyl sites for hydroxylation is 2. The molecule has 9 nitrogen and oxygen atoms in total. The molecule has 3 aromatic heterocycles. The molecule has 10 heteroatoms. The molecule has 0 N–H and O–H groups in total. The van der Waals surface area contributed by atoms with Gasteiger partial charge in [0.05, 0.1) is 36.2 Å². The van der Waals surface area contributed by atoms with Crippen molar-refractivity contribution in [3.8, 4) is 0 Å². The van der Waals surface area contributed by atoms with Gasteiger partial charge in [-0.2, -0.15) is 0 Å². The Labute approximate surface area is 120 Å². The van der Waals surface area contributed by atoms with E-state index in [9.17, 15) is 0 Å². The zero-order valence-corrected chi connectivity index (χ0v) is 11.5. The molecule has 3 aromatic rings. The van der Waals surface area contributed by atoms with Crippen molar-refractivity contribution in [2.75, 3.05) is 0 Å². The molecular weight excluding hydrogens is 275 g/mol. The van der Waals surface area contributed by atoms with E-state index in [2.05, 4.69) is 15.3 Å². The summed E-state index contributed by atoms with van der Waals surface area (Å²) in [6.45, 7) is 3.73. The second-order valence-corrected chi connectivity index (χ2v) is 4.22. The fourth-order valence-corrected chi connectivity index (χ4v) is 1.67. The molecule has 0 saturated heterocycles. The van der Waals surface area contributed by atoms with Crippen molar-refractivity contribution in [3.63, 3.8) is 0 Å². The minimum absolute atomic E-state index is 0.811. The van der Waals surface area contributed by atoms with E-state index in [0.29, 0.717) is 0 Å². The lowest BCUT2D eigenvalue weighted by atomic mass is 10.3. The summed E-state index contributed by atoms with van der Waals surface area (Å²) in [6, 6.07) is 5.31. The van der Waals surface area contributed by atoms with E-state index in [4.69, 9.17) is 14.3 Å². The van der Waals surface area contributed by atoms with Gasteiger partial charge in [0.2, 0.25) is 0 Å². The molecule has 0 amide bonds. The normalized spacial score (nSPS) is 10.4. The first-order valence-electron chi connectivity index (χ1n) is 6.25. The van der Waals surface area contributed by atoms with E-state index in [1.165, 1.54) is 14.5 Å². The molecule has 21 heavy (non-hydrogen) atoms. The third-order valence-corrected chi connectivity index (χ3v) is 2.50. The van der Waals surface area contributed by atoms with Crippen LogP contribution in [0.2, 0.25) is 0 Å². The SMILES string of the molecule is Cc1cc(C)n(OB(On2cccn2)On2cccn2)n1. The van der Waals surface area contributed by atoms with Crippen LogP contribution < -0.4 is 14.3 Å². The molecule has 3 heterocycles. The fraction of sp³-hybridized carbons (Fsp3) is 0.182. The lowest BCUT2D eigenvalue weighted by molar-refractivity contribution is 0.0384. The average molecular weight is 288 g/mol. The van der Waals surface area contributed by atoms with Gasteiger partial charge in [-0.25, -0.2) is 0 Å². The summed E-state index contributed by atoms with van der Waals surface area (Å²) in [5.74, 6) is 0. The molecule has 0 saturated carbocycles. The van der Waals surface area contributed by atoms with Crippen molar-refractivity contribution >= 4 is 7.32 Å². The fourth-order valence-electron chi connectivity index (χ4n) is 1.67. The van der Waals surface area contributed by atoms with Gasteiger partial charge in [-0.3, -0.25) is 0 Å². The smallest absolute Gasteiger partial charge is 0.380 e. The zero-order chi connectivity index (χ0) is 14.7. The van der Waals surface area contributed by atoms with Crippen LogP contribution in [-0.4, -0.2) is 37.2 Å². The van der Waals surface area contributed by atoms with Gasteiger partial charge in [-0.15, -0.1) is 29.8 Å². The maximum atomic E-state index is 5.55. The van der Waals surface area contributed by atoms with Gasteiger partial charge in [0.25, 0.3) is 0 Å². The Balaban J connectivity index is 1.76. The van der Waals surface area contributed by atoms with Crippen molar-refractivity contribution in [2.45, 2.75) is 13.8 Å². The van der Waals surface area contributed by atoms with E-state index in [1.807, 2.05) is 19.9 Å². The van der Waals surface area contributed by atoms with Crippen LogP contribution in [-0.2, 0) is 0 Å². The van der Waals surface area contributed by atoms with Crippen LogP contribution in [0, 0.1) is 13.8 Å². The molecule has 0 spiro atoms. The highest BCUT2D eigenvalue weighted by molar-refractivity contribution is 6.37. The van der Waals surface area contributed by atoms with Gasteiger partial charge in [0.1, 0.15) is 0 Å². The van der Waals surface area contributed by atoms with Crippen LogP contribution in [0.5, 0.6) is 0 Å². The van der Waals surface area contributed by atoms with Crippen molar-refractivity contribution < 1.29 is 14.3 Å². The van der Waals surface area contributed by atoms with Crippen LogP contribution >= 0.6 is 0 Å². The zero-order valence-electron chi connectivity index (χ0n) is 11.5. The summed E-state index contributed by atoms with van der Waals surface area (Å²) >= 11 is 0. The largest absolute Gasteiger partial charge is 0.929 e. The summed E-state index contributed by atoms with van der Waals surface area (Å²) in [6.07, 6.45) is 6.39. The van der Waals surface area contributed by atoms with Gasteiger partial charge in [-0.05, 0) is 32.0 Å². The molecule has 0 aliphatic rings. The summed E-state index contributed by atoms with van der Waals surface area (Å²) < 4.78 is 16.4. The molecule has 0 atom stereocenters. The third kappa shape index (κ3) is 3.16. The highest BCUT2D eigenvalue weighted by Crippen LogP contribution is 2.00. The van der Waals surface area contributed by atoms with Crippen LogP contribution in [0.4, 0.5) is 0 Å². The van der Waals surface area contributed by atoms with Crippen molar-refractivity contribution in [1.82, 2.24) is 29.8 Å². The van der Waals surface area contributed by atoms with Crippen LogP contribution in [0.3, 0.4) is 0 Å².